The highest BCUT2D eigenvalue weighted by Gasteiger charge is 2.78. The average molecular weight is 564 g/mol. The summed E-state index contributed by atoms with van der Waals surface area (Å²) in [7, 11) is 1.58. The van der Waals surface area contributed by atoms with Gasteiger partial charge >= 0.3 is 0 Å². The first-order valence-electron chi connectivity index (χ1n) is 14.8. The molecule has 2 unspecified atom stereocenters. The molecule has 220 valence electrons. The van der Waals surface area contributed by atoms with Crippen LogP contribution in [0.2, 0.25) is 0 Å². The van der Waals surface area contributed by atoms with Gasteiger partial charge in [-0.2, -0.15) is 0 Å². The minimum Gasteiger partial charge on any atom is -0.497 e. The third kappa shape index (κ3) is 5.33. The van der Waals surface area contributed by atoms with Crippen molar-refractivity contribution in [1.29, 1.82) is 0 Å². The lowest BCUT2D eigenvalue weighted by atomic mass is 9.65. The summed E-state index contributed by atoms with van der Waals surface area (Å²) in [6, 6.07) is 15.9. The number of aliphatic hydroxyl groups excluding tert-OH is 1. The fourth-order valence-corrected chi connectivity index (χ4v) is 7.18. The van der Waals surface area contributed by atoms with Gasteiger partial charge in [-0.05, 0) is 61.9 Å². The number of aliphatic hydroxyl groups is 1. The Morgan fingerprint density at radius 1 is 1.02 bits per heavy atom. The zero-order valence-electron chi connectivity index (χ0n) is 23.9. The van der Waals surface area contributed by atoms with Crippen molar-refractivity contribution in [3.05, 3.63) is 60.2 Å². The molecule has 3 fully saturated rings. The molecule has 2 aromatic carbocycles. The van der Waals surface area contributed by atoms with Crippen molar-refractivity contribution in [2.45, 2.75) is 75.7 Å². The Kier molecular flexibility index (Phi) is 8.66. The number of nitrogens with one attached hydrogen (secondary N) is 2. The Hall–Kier alpha value is -3.43. The van der Waals surface area contributed by atoms with E-state index in [0.717, 1.165) is 18.4 Å². The SMILES string of the molecule is CC[C@]12CCC3(O1)C(C(=O)Nc1ccc(OC)cc1)N(CCCCCCO)C(=O)[C@@H]3[C@H]2C(=O)NCc1ccccc1. The Labute approximate surface area is 241 Å². The number of amides is 3. The van der Waals surface area contributed by atoms with Gasteiger partial charge in [-0.25, -0.2) is 0 Å². The Bertz CT molecular complexity index is 1240. The van der Waals surface area contributed by atoms with E-state index >= 15 is 0 Å². The van der Waals surface area contributed by atoms with Crippen LogP contribution in [0.5, 0.6) is 5.75 Å². The summed E-state index contributed by atoms with van der Waals surface area (Å²) < 4.78 is 12.1. The summed E-state index contributed by atoms with van der Waals surface area (Å²) in [5.74, 6) is -1.41. The maximum absolute atomic E-state index is 14.2. The van der Waals surface area contributed by atoms with Crippen LogP contribution in [0.3, 0.4) is 0 Å². The van der Waals surface area contributed by atoms with E-state index in [9.17, 15) is 14.4 Å². The second-order valence-electron chi connectivity index (χ2n) is 11.4. The predicted molar refractivity (Wildman–Crippen MR) is 154 cm³/mol. The summed E-state index contributed by atoms with van der Waals surface area (Å²) in [6.07, 6.45) is 4.81. The third-order valence-corrected chi connectivity index (χ3v) is 9.19. The Morgan fingerprint density at radius 3 is 2.44 bits per heavy atom. The van der Waals surface area contributed by atoms with Gasteiger partial charge in [0.1, 0.15) is 17.4 Å². The van der Waals surface area contributed by atoms with E-state index in [1.165, 1.54) is 0 Å². The number of carbonyl (C=O) groups excluding carboxylic acids is 3. The van der Waals surface area contributed by atoms with Gasteiger partial charge < -0.3 is 30.1 Å². The van der Waals surface area contributed by atoms with E-state index in [-0.39, 0.29) is 24.3 Å². The molecule has 5 atom stereocenters. The van der Waals surface area contributed by atoms with Gasteiger partial charge in [-0.1, -0.05) is 50.1 Å². The molecule has 41 heavy (non-hydrogen) atoms. The number of ether oxygens (including phenoxy) is 2. The van der Waals surface area contributed by atoms with Crippen molar-refractivity contribution < 1.29 is 29.0 Å². The van der Waals surface area contributed by atoms with Crippen LogP contribution in [0.4, 0.5) is 5.69 Å². The molecule has 3 aliphatic heterocycles. The van der Waals surface area contributed by atoms with Gasteiger partial charge in [-0.3, -0.25) is 14.4 Å². The van der Waals surface area contributed by atoms with Crippen LogP contribution in [0.1, 0.15) is 57.4 Å². The van der Waals surface area contributed by atoms with Crippen LogP contribution >= 0.6 is 0 Å². The number of carbonyl (C=O) groups is 3. The molecular weight excluding hydrogens is 522 g/mol. The molecule has 1 spiro atoms. The molecule has 3 saturated heterocycles. The van der Waals surface area contributed by atoms with Crippen molar-refractivity contribution in [3.8, 4) is 5.75 Å². The standard InChI is InChI=1S/C32H41N3O6/c1-3-31-17-18-32(41-31)26(25(31)28(37)33-21-22-11-7-6-8-12-22)30(39)35(19-9-4-5-10-20-36)27(32)29(38)34-23-13-15-24(40-2)16-14-23/h6-8,11-16,25-27,36H,3-5,9-10,17-21H2,1-2H3,(H,33,37)(H,34,38)/t25-,26-,27?,31+,32?/m0/s1. The molecule has 3 amide bonds. The van der Waals surface area contributed by atoms with Gasteiger partial charge in [0.25, 0.3) is 0 Å². The van der Waals surface area contributed by atoms with Gasteiger partial charge in [0.05, 0.1) is 24.5 Å². The van der Waals surface area contributed by atoms with Crippen molar-refractivity contribution in [1.82, 2.24) is 10.2 Å². The Morgan fingerprint density at radius 2 is 1.76 bits per heavy atom. The number of rotatable bonds is 13. The number of unbranched alkanes of at least 4 members (excludes halogenated alkanes) is 3. The second-order valence-corrected chi connectivity index (χ2v) is 11.4. The molecule has 5 rings (SSSR count). The molecule has 3 N–H and O–H groups in total. The van der Waals surface area contributed by atoms with Gasteiger partial charge in [0.15, 0.2) is 0 Å². The molecule has 2 bridgehead atoms. The lowest BCUT2D eigenvalue weighted by Gasteiger charge is -2.34. The highest BCUT2D eigenvalue weighted by molar-refractivity contribution is 6.03. The number of hydrogen-bond acceptors (Lipinski definition) is 6. The molecular formula is C32H41N3O6. The largest absolute Gasteiger partial charge is 0.497 e. The highest BCUT2D eigenvalue weighted by Crippen LogP contribution is 2.64. The van der Waals surface area contributed by atoms with Crippen molar-refractivity contribution in [2.24, 2.45) is 11.8 Å². The molecule has 9 nitrogen and oxygen atoms in total. The number of hydrogen-bond donors (Lipinski definition) is 3. The van der Waals surface area contributed by atoms with Crippen LogP contribution in [-0.4, -0.2) is 65.2 Å². The van der Waals surface area contributed by atoms with Crippen LogP contribution in [0.15, 0.2) is 54.6 Å². The second kappa shape index (κ2) is 12.2. The zero-order valence-corrected chi connectivity index (χ0v) is 23.9. The fourth-order valence-electron chi connectivity index (χ4n) is 7.18. The molecule has 0 aliphatic carbocycles. The van der Waals surface area contributed by atoms with Crippen LogP contribution in [0, 0.1) is 11.8 Å². The van der Waals surface area contributed by atoms with Crippen LogP contribution < -0.4 is 15.4 Å². The minimum atomic E-state index is -1.07. The lowest BCUT2D eigenvalue weighted by Crippen LogP contribution is -2.53. The van der Waals surface area contributed by atoms with Crippen molar-refractivity contribution in [2.75, 3.05) is 25.6 Å². The quantitative estimate of drug-likeness (QED) is 0.320. The smallest absolute Gasteiger partial charge is 0.250 e. The van der Waals surface area contributed by atoms with Crippen molar-refractivity contribution >= 4 is 23.4 Å². The van der Waals surface area contributed by atoms with E-state index in [1.54, 1.807) is 36.3 Å². The lowest BCUT2D eigenvalue weighted by molar-refractivity contribution is -0.146. The number of methoxy groups -OCH3 is 1. The van der Waals surface area contributed by atoms with E-state index in [0.29, 0.717) is 56.6 Å². The first-order valence-corrected chi connectivity index (χ1v) is 14.8. The van der Waals surface area contributed by atoms with E-state index in [4.69, 9.17) is 14.6 Å². The van der Waals surface area contributed by atoms with Gasteiger partial charge in [0.2, 0.25) is 17.7 Å². The molecule has 3 aliphatic rings. The topological polar surface area (TPSA) is 117 Å². The first kappa shape index (κ1) is 29.1. The summed E-state index contributed by atoms with van der Waals surface area (Å²) in [4.78, 5) is 43.7. The van der Waals surface area contributed by atoms with Crippen LogP contribution in [-0.2, 0) is 25.7 Å². The molecule has 0 saturated carbocycles. The fraction of sp³-hybridized carbons (Fsp3) is 0.531. The average Bonchev–Trinajstić information content (AvgIpc) is 3.60. The number of anilines is 1. The van der Waals surface area contributed by atoms with E-state index < -0.39 is 29.1 Å². The molecule has 0 aromatic heterocycles. The van der Waals surface area contributed by atoms with E-state index in [2.05, 4.69) is 10.6 Å². The molecule has 3 heterocycles. The maximum atomic E-state index is 14.2. The first-order chi connectivity index (χ1) is 19.9. The summed E-state index contributed by atoms with van der Waals surface area (Å²) in [5.41, 5.74) is -0.277. The van der Waals surface area contributed by atoms with Crippen LogP contribution in [0.25, 0.3) is 0 Å². The molecule has 9 heteroatoms. The molecule has 0 radical (unpaired) electrons. The number of likely N-dealkylation sites (tertiary alicyclic amines) is 1. The molecule has 2 aromatic rings. The number of benzene rings is 2. The third-order valence-electron chi connectivity index (χ3n) is 9.19. The number of fused-ring (bicyclic) bond motifs is 1. The minimum absolute atomic E-state index is 0.132. The normalized spacial score (nSPS) is 28.0. The van der Waals surface area contributed by atoms with E-state index in [1.807, 2.05) is 37.3 Å². The van der Waals surface area contributed by atoms with Crippen molar-refractivity contribution in [3.63, 3.8) is 0 Å². The predicted octanol–water partition coefficient (Wildman–Crippen LogP) is 3.66. The Balaban J connectivity index is 1.43. The van der Waals surface area contributed by atoms with Gasteiger partial charge in [-0.15, -0.1) is 0 Å². The summed E-state index contributed by atoms with van der Waals surface area (Å²) in [5, 5.41) is 15.2. The summed E-state index contributed by atoms with van der Waals surface area (Å²) >= 11 is 0. The summed E-state index contributed by atoms with van der Waals surface area (Å²) in [6.45, 7) is 2.88. The number of nitrogens with zero attached hydrogens (tertiary/aromatic N) is 1. The highest BCUT2D eigenvalue weighted by atomic mass is 16.5. The zero-order chi connectivity index (χ0) is 29.0. The monoisotopic (exact) mass is 563 g/mol. The van der Waals surface area contributed by atoms with Gasteiger partial charge in [0, 0.05) is 25.4 Å². The maximum Gasteiger partial charge on any atom is 0.250 e.